The Morgan fingerprint density at radius 1 is 1.56 bits per heavy atom. The van der Waals surface area contributed by atoms with Crippen LogP contribution in [0.4, 0.5) is 0 Å². The average Bonchev–Trinajstić information content (AvgIpc) is 2.34. The van der Waals surface area contributed by atoms with Gasteiger partial charge in [-0.1, -0.05) is 22.0 Å². The first-order valence-electron chi connectivity index (χ1n) is 5.70. The summed E-state index contributed by atoms with van der Waals surface area (Å²) >= 11 is 4.96. The lowest BCUT2D eigenvalue weighted by molar-refractivity contribution is 0.0936. The second-order valence-corrected chi connectivity index (χ2v) is 6.11. The number of benzene rings is 1. The Morgan fingerprint density at radius 2 is 2.22 bits per heavy atom. The van der Waals surface area contributed by atoms with E-state index in [2.05, 4.69) is 21.2 Å². The lowest BCUT2D eigenvalue weighted by Gasteiger charge is -2.21. The van der Waals surface area contributed by atoms with E-state index in [0.717, 1.165) is 10.0 Å². The van der Waals surface area contributed by atoms with Crippen molar-refractivity contribution in [3.05, 3.63) is 33.8 Å². The number of rotatable bonds is 5. The van der Waals surface area contributed by atoms with Gasteiger partial charge in [0.05, 0.1) is 6.61 Å². The minimum absolute atomic E-state index is 0.0165. The van der Waals surface area contributed by atoms with E-state index in [1.54, 1.807) is 17.8 Å². The summed E-state index contributed by atoms with van der Waals surface area (Å²) in [7, 11) is 0. The Labute approximate surface area is 120 Å². The molecule has 18 heavy (non-hydrogen) atoms. The van der Waals surface area contributed by atoms with Crippen molar-refractivity contribution in [2.24, 2.45) is 0 Å². The number of nitrogens with one attached hydrogen (secondary N) is 1. The SMILES string of the molecule is CSC(CO)C(C)NC(=O)c1ccc(C)c(Br)c1. The minimum Gasteiger partial charge on any atom is -0.395 e. The summed E-state index contributed by atoms with van der Waals surface area (Å²) in [5, 5.41) is 12.1. The van der Waals surface area contributed by atoms with Crippen molar-refractivity contribution < 1.29 is 9.90 Å². The molecule has 0 aliphatic carbocycles. The van der Waals surface area contributed by atoms with Crippen molar-refractivity contribution in [2.75, 3.05) is 12.9 Å². The third-order valence-electron chi connectivity index (χ3n) is 2.83. The molecule has 5 heteroatoms. The number of carbonyl (C=O) groups is 1. The fourth-order valence-corrected chi connectivity index (χ4v) is 2.56. The van der Waals surface area contributed by atoms with Crippen molar-refractivity contribution in [1.82, 2.24) is 5.32 Å². The summed E-state index contributed by atoms with van der Waals surface area (Å²) in [6.07, 6.45) is 1.92. The number of halogens is 1. The van der Waals surface area contributed by atoms with E-state index in [1.807, 2.05) is 32.2 Å². The first-order valence-corrected chi connectivity index (χ1v) is 7.78. The zero-order chi connectivity index (χ0) is 13.7. The van der Waals surface area contributed by atoms with E-state index in [-0.39, 0.29) is 23.8 Å². The molecule has 0 aliphatic heterocycles. The standard InChI is InChI=1S/C13H18BrNO2S/c1-8-4-5-10(6-11(8)14)13(17)15-9(2)12(7-16)18-3/h4-6,9,12,16H,7H2,1-3H3,(H,15,17). The van der Waals surface area contributed by atoms with Crippen LogP contribution in [0.3, 0.4) is 0 Å². The van der Waals surface area contributed by atoms with Gasteiger partial charge in [0.25, 0.3) is 5.91 Å². The summed E-state index contributed by atoms with van der Waals surface area (Å²) in [5.74, 6) is -0.115. The van der Waals surface area contributed by atoms with E-state index in [0.29, 0.717) is 5.56 Å². The highest BCUT2D eigenvalue weighted by Gasteiger charge is 2.18. The summed E-state index contributed by atoms with van der Waals surface area (Å²) < 4.78 is 0.923. The lowest BCUT2D eigenvalue weighted by Crippen LogP contribution is -2.41. The van der Waals surface area contributed by atoms with Crippen LogP contribution in [0.25, 0.3) is 0 Å². The molecule has 1 amide bonds. The predicted molar refractivity (Wildman–Crippen MR) is 80.2 cm³/mol. The number of carbonyl (C=O) groups excluding carboxylic acids is 1. The van der Waals surface area contributed by atoms with Gasteiger partial charge in [-0.3, -0.25) is 4.79 Å². The number of thioether (sulfide) groups is 1. The molecule has 100 valence electrons. The van der Waals surface area contributed by atoms with E-state index >= 15 is 0 Å². The molecule has 0 fully saturated rings. The van der Waals surface area contributed by atoms with Gasteiger partial charge in [-0.15, -0.1) is 0 Å². The maximum atomic E-state index is 12.0. The molecule has 2 atom stereocenters. The summed E-state index contributed by atoms with van der Waals surface area (Å²) in [6, 6.07) is 5.44. The number of hydrogen-bond donors (Lipinski definition) is 2. The van der Waals surface area contributed by atoms with Crippen LogP contribution in [-0.4, -0.2) is 35.2 Å². The minimum atomic E-state index is -0.115. The number of aliphatic hydroxyl groups is 1. The van der Waals surface area contributed by atoms with Crippen molar-refractivity contribution >= 4 is 33.6 Å². The van der Waals surface area contributed by atoms with Crippen molar-refractivity contribution in [3.8, 4) is 0 Å². The molecule has 0 saturated carbocycles. The van der Waals surface area contributed by atoms with Crippen LogP contribution in [-0.2, 0) is 0 Å². The number of aryl methyl sites for hydroxylation is 1. The van der Waals surface area contributed by atoms with Gasteiger partial charge in [0.2, 0.25) is 0 Å². The second kappa shape index (κ2) is 7.16. The Morgan fingerprint density at radius 3 is 2.72 bits per heavy atom. The van der Waals surface area contributed by atoms with Crippen LogP contribution in [0.2, 0.25) is 0 Å². The molecule has 0 aliphatic rings. The van der Waals surface area contributed by atoms with Crippen molar-refractivity contribution in [1.29, 1.82) is 0 Å². The zero-order valence-electron chi connectivity index (χ0n) is 10.7. The molecule has 0 radical (unpaired) electrons. The second-order valence-electron chi connectivity index (χ2n) is 4.18. The summed E-state index contributed by atoms with van der Waals surface area (Å²) in [4.78, 5) is 12.0. The molecule has 0 saturated heterocycles. The van der Waals surface area contributed by atoms with Gasteiger partial charge in [0.1, 0.15) is 0 Å². The Hall–Kier alpha value is -0.520. The molecule has 2 N–H and O–H groups in total. The van der Waals surface area contributed by atoms with E-state index in [9.17, 15) is 9.90 Å². The highest BCUT2D eigenvalue weighted by molar-refractivity contribution is 9.10. The molecule has 0 spiro atoms. The average molecular weight is 332 g/mol. The zero-order valence-corrected chi connectivity index (χ0v) is 13.1. The lowest BCUT2D eigenvalue weighted by atomic mass is 10.1. The van der Waals surface area contributed by atoms with Crippen LogP contribution < -0.4 is 5.32 Å². The molecule has 3 nitrogen and oxygen atoms in total. The number of aliphatic hydroxyl groups excluding tert-OH is 1. The highest BCUT2D eigenvalue weighted by atomic mass is 79.9. The fourth-order valence-electron chi connectivity index (χ4n) is 1.55. The molecule has 0 bridgehead atoms. The first-order chi connectivity index (χ1) is 8.49. The maximum absolute atomic E-state index is 12.0. The molecule has 1 rings (SSSR count). The summed E-state index contributed by atoms with van der Waals surface area (Å²) in [5.41, 5.74) is 1.72. The van der Waals surface area contributed by atoms with Crippen LogP contribution in [0, 0.1) is 6.92 Å². The van der Waals surface area contributed by atoms with Crippen LogP contribution in [0.5, 0.6) is 0 Å². The smallest absolute Gasteiger partial charge is 0.251 e. The van der Waals surface area contributed by atoms with Gasteiger partial charge in [-0.25, -0.2) is 0 Å². The van der Waals surface area contributed by atoms with Gasteiger partial charge in [-0.05, 0) is 37.8 Å². The van der Waals surface area contributed by atoms with Gasteiger partial charge in [0, 0.05) is 21.3 Å². The molecular weight excluding hydrogens is 314 g/mol. The molecule has 1 aromatic carbocycles. The monoisotopic (exact) mass is 331 g/mol. The topological polar surface area (TPSA) is 49.3 Å². The van der Waals surface area contributed by atoms with E-state index in [4.69, 9.17) is 0 Å². The quantitative estimate of drug-likeness (QED) is 0.871. The van der Waals surface area contributed by atoms with Crippen LogP contribution in [0.15, 0.2) is 22.7 Å². The maximum Gasteiger partial charge on any atom is 0.251 e. The van der Waals surface area contributed by atoms with E-state index < -0.39 is 0 Å². The van der Waals surface area contributed by atoms with Gasteiger partial charge in [0.15, 0.2) is 0 Å². The third-order valence-corrected chi connectivity index (χ3v) is 4.85. The molecule has 1 aromatic rings. The van der Waals surface area contributed by atoms with Crippen LogP contribution in [0.1, 0.15) is 22.8 Å². The van der Waals surface area contributed by atoms with E-state index in [1.165, 1.54) is 0 Å². The Kier molecular flexibility index (Phi) is 6.18. The van der Waals surface area contributed by atoms with Gasteiger partial charge < -0.3 is 10.4 Å². The van der Waals surface area contributed by atoms with Crippen molar-refractivity contribution in [2.45, 2.75) is 25.1 Å². The van der Waals surface area contributed by atoms with Crippen LogP contribution >= 0.6 is 27.7 Å². The Bertz CT molecular complexity index is 421. The Balaban J connectivity index is 2.73. The first kappa shape index (κ1) is 15.5. The largest absolute Gasteiger partial charge is 0.395 e. The van der Waals surface area contributed by atoms with Gasteiger partial charge >= 0.3 is 0 Å². The molecule has 0 aromatic heterocycles. The van der Waals surface area contributed by atoms with Gasteiger partial charge in [-0.2, -0.15) is 11.8 Å². The third kappa shape index (κ3) is 4.00. The molecular formula is C13H18BrNO2S. The molecule has 0 heterocycles. The predicted octanol–water partition coefficient (Wildman–Crippen LogP) is 2.60. The molecule has 2 unspecified atom stereocenters. The number of amides is 1. The normalized spacial score (nSPS) is 14.1. The highest BCUT2D eigenvalue weighted by Crippen LogP contribution is 2.18. The summed E-state index contributed by atoms with van der Waals surface area (Å²) in [6.45, 7) is 3.93. The fraction of sp³-hybridized carbons (Fsp3) is 0.462. The number of hydrogen-bond acceptors (Lipinski definition) is 3. The van der Waals surface area contributed by atoms with Crippen molar-refractivity contribution in [3.63, 3.8) is 0 Å².